The number of alkyl halides is 3. The van der Waals surface area contributed by atoms with Gasteiger partial charge in [-0.1, -0.05) is 0 Å². The quantitative estimate of drug-likeness (QED) is 0.348. The first kappa shape index (κ1) is 24.9. The number of carbonyl (C=O) groups is 1. The molecule has 0 bridgehead atoms. The average molecular weight is 530 g/mol. The maximum absolute atomic E-state index is 12.3. The van der Waals surface area contributed by atoms with Crippen LogP contribution in [-0.4, -0.2) is 63.5 Å². The Balaban J connectivity index is 1.21. The third-order valence-electron chi connectivity index (χ3n) is 5.72. The number of amides is 1. The van der Waals surface area contributed by atoms with Gasteiger partial charge in [0.15, 0.2) is 5.58 Å². The Kier molecular flexibility index (Phi) is 6.48. The number of aromatic nitrogens is 4. The molecule has 1 aliphatic heterocycles. The lowest BCUT2D eigenvalue weighted by Crippen LogP contribution is -2.50. The van der Waals surface area contributed by atoms with Crippen molar-refractivity contribution in [3.8, 4) is 0 Å². The number of ether oxygens (including phenoxy) is 1. The number of anilines is 5. The number of benzene rings is 1. The number of hydrogen-bond donors (Lipinski definition) is 3. The minimum atomic E-state index is -5.01. The summed E-state index contributed by atoms with van der Waals surface area (Å²) in [5.74, 6) is 0.954. The van der Waals surface area contributed by atoms with Gasteiger partial charge in [-0.2, -0.15) is 4.98 Å². The number of pyridine rings is 1. The van der Waals surface area contributed by atoms with Crippen molar-refractivity contribution in [1.29, 1.82) is 0 Å². The first-order valence-corrected chi connectivity index (χ1v) is 11.4. The molecule has 198 valence electrons. The van der Waals surface area contributed by atoms with E-state index in [2.05, 4.69) is 35.3 Å². The van der Waals surface area contributed by atoms with Gasteiger partial charge in [0.25, 0.3) is 0 Å². The molecule has 0 saturated carbocycles. The maximum atomic E-state index is 12.3. The molecule has 1 saturated heterocycles. The van der Waals surface area contributed by atoms with Crippen LogP contribution in [0.15, 0.2) is 51.9 Å². The van der Waals surface area contributed by atoms with E-state index in [0.717, 1.165) is 10.5 Å². The monoisotopic (exact) mass is 530 g/mol. The van der Waals surface area contributed by atoms with Gasteiger partial charge in [0, 0.05) is 43.6 Å². The lowest BCUT2D eigenvalue weighted by molar-refractivity contribution is -0.294. The number of aromatic amines is 1. The Labute approximate surface area is 212 Å². The molecule has 0 spiro atoms. The number of fused-ring (bicyclic) bond motifs is 1. The maximum Gasteiger partial charge on any atom is 0.576 e. The normalized spacial score (nSPS) is 14.0. The number of halogens is 3. The molecular formula is C23H21F3N8O4. The number of nitrogens with one attached hydrogen (secondary N) is 3. The third kappa shape index (κ3) is 5.77. The molecule has 15 heteroatoms. The minimum Gasteiger partial charge on any atom is -0.408 e. The van der Waals surface area contributed by atoms with Gasteiger partial charge in [-0.15, -0.1) is 13.2 Å². The van der Waals surface area contributed by atoms with Crippen LogP contribution in [0, 0.1) is 6.92 Å². The highest BCUT2D eigenvalue weighted by atomic mass is 19.4. The Morgan fingerprint density at radius 2 is 1.82 bits per heavy atom. The summed E-state index contributed by atoms with van der Waals surface area (Å²) in [6.45, 7) is 2.62. The number of rotatable bonds is 5. The molecule has 1 aliphatic rings. The number of oxazole rings is 1. The van der Waals surface area contributed by atoms with Crippen molar-refractivity contribution in [3.05, 3.63) is 58.8 Å². The van der Waals surface area contributed by atoms with E-state index in [1.165, 1.54) is 0 Å². The molecule has 38 heavy (non-hydrogen) atoms. The highest BCUT2D eigenvalue weighted by Gasteiger charge is 2.36. The molecule has 1 aromatic carbocycles. The van der Waals surface area contributed by atoms with Crippen molar-refractivity contribution < 1.29 is 27.1 Å². The topological polar surface area (TPSA) is 142 Å². The van der Waals surface area contributed by atoms with Crippen LogP contribution in [0.3, 0.4) is 0 Å². The Hall–Kier alpha value is -4.82. The van der Waals surface area contributed by atoms with Crippen LogP contribution < -0.4 is 21.3 Å². The molecule has 3 aromatic heterocycles. The average Bonchev–Trinajstić information content (AvgIpc) is 3.25. The third-order valence-corrected chi connectivity index (χ3v) is 5.72. The van der Waals surface area contributed by atoms with Gasteiger partial charge in [0.2, 0.25) is 5.95 Å². The zero-order valence-electron chi connectivity index (χ0n) is 19.9. The number of piperazine rings is 1. The second kappa shape index (κ2) is 9.91. The predicted octanol–water partition coefficient (Wildman–Crippen LogP) is 3.88. The van der Waals surface area contributed by atoms with Gasteiger partial charge in [-0.05, 0) is 37.3 Å². The van der Waals surface area contributed by atoms with Crippen molar-refractivity contribution in [1.82, 2.24) is 24.8 Å². The van der Waals surface area contributed by atoms with Crippen molar-refractivity contribution >= 4 is 46.2 Å². The Morgan fingerprint density at radius 1 is 1.05 bits per heavy atom. The SMILES string of the molecule is Cc1cnc(Nc2ccc(N3CCN(C(=O)OC(F)(F)F)CC3)nc2)nc1Nc1ccc2oc(=O)[nH]c2c1. The number of hydrogen-bond acceptors (Lipinski definition) is 10. The fraction of sp³-hybridized carbons (Fsp3) is 0.261. The molecule has 1 amide bonds. The summed E-state index contributed by atoms with van der Waals surface area (Å²) in [5.41, 5.74) is 3.11. The molecule has 12 nitrogen and oxygen atoms in total. The summed E-state index contributed by atoms with van der Waals surface area (Å²) < 4.78 is 45.3. The number of H-pyrrole nitrogens is 1. The summed E-state index contributed by atoms with van der Waals surface area (Å²) in [4.78, 5) is 41.7. The zero-order chi connectivity index (χ0) is 26.9. The smallest absolute Gasteiger partial charge is 0.408 e. The van der Waals surface area contributed by atoms with E-state index in [0.29, 0.717) is 53.1 Å². The van der Waals surface area contributed by atoms with Crippen molar-refractivity contribution in [2.24, 2.45) is 0 Å². The summed E-state index contributed by atoms with van der Waals surface area (Å²) >= 11 is 0. The van der Waals surface area contributed by atoms with E-state index in [-0.39, 0.29) is 13.1 Å². The minimum absolute atomic E-state index is 0.0766. The molecule has 1 fully saturated rings. The Bertz CT molecular complexity index is 1510. The molecular weight excluding hydrogens is 509 g/mol. The van der Waals surface area contributed by atoms with E-state index >= 15 is 0 Å². The molecule has 5 rings (SSSR count). The molecule has 0 atom stereocenters. The van der Waals surface area contributed by atoms with Crippen molar-refractivity contribution in [2.75, 3.05) is 41.7 Å². The number of nitrogens with zero attached hydrogens (tertiary/aromatic N) is 5. The van der Waals surface area contributed by atoms with Gasteiger partial charge in [-0.3, -0.25) is 4.98 Å². The van der Waals surface area contributed by atoms with Crippen LogP contribution in [-0.2, 0) is 4.74 Å². The molecule has 4 aromatic rings. The van der Waals surface area contributed by atoms with E-state index in [1.54, 1.807) is 42.7 Å². The van der Waals surface area contributed by atoms with Crippen LogP contribution >= 0.6 is 0 Å². The van der Waals surface area contributed by atoms with Crippen LogP contribution in [0.25, 0.3) is 11.1 Å². The summed E-state index contributed by atoms with van der Waals surface area (Å²) in [5, 5.41) is 6.28. The van der Waals surface area contributed by atoms with Gasteiger partial charge in [0.1, 0.15) is 11.6 Å². The number of carbonyl (C=O) groups excluding carboxylic acids is 1. The van der Waals surface area contributed by atoms with Gasteiger partial charge < -0.3 is 29.6 Å². The highest BCUT2D eigenvalue weighted by Crippen LogP contribution is 2.24. The summed E-state index contributed by atoms with van der Waals surface area (Å²) in [6, 6.07) is 8.69. The van der Waals surface area contributed by atoms with Crippen LogP contribution in [0.1, 0.15) is 5.56 Å². The van der Waals surface area contributed by atoms with Crippen molar-refractivity contribution in [2.45, 2.75) is 13.3 Å². The van der Waals surface area contributed by atoms with Crippen molar-refractivity contribution in [3.63, 3.8) is 0 Å². The van der Waals surface area contributed by atoms with E-state index in [4.69, 9.17) is 4.42 Å². The van der Waals surface area contributed by atoms with Crippen LogP contribution in [0.5, 0.6) is 0 Å². The van der Waals surface area contributed by atoms with E-state index < -0.39 is 18.2 Å². The van der Waals surface area contributed by atoms with Gasteiger partial charge in [-0.25, -0.2) is 19.6 Å². The summed E-state index contributed by atoms with van der Waals surface area (Å²) in [7, 11) is 0. The van der Waals surface area contributed by atoms with E-state index in [1.807, 2.05) is 11.8 Å². The lowest BCUT2D eigenvalue weighted by Gasteiger charge is -2.34. The van der Waals surface area contributed by atoms with E-state index in [9.17, 15) is 22.8 Å². The lowest BCUT2D eigenvalue weighted by atomic mass is 10.2. The predicted molar refractivity (Wildman–Crippen MR) is 131 cm³/mol. The first-order valence-electron chi connectivity index (χ1n) is 11.4. The zero-order valence-corrected chi connectivity index (χ0v) is 19.9. The second-order valence-corrected chi connectivity index (χ2v) is 8.39. The van der Waals surface area contributed by atoms with Gasteiger partial charge >= 0.3 is 18.2 Å². The molecule has 0 aliphatic carbocycles. The van der Waals surface area contributed by atoms with Crippen LogP contribution in [0.4, 0.5) is 46.9 Å². The van der Waals surface area contributed by atoms with Crippen LogP contribution in [0.2, 0.25) is 0 Å². The summed E-state index contributed by atoms with van der Waals surface area (Å²) in [6.07, 6.45) is -3.18. The number of aryl methyl sites for hydroxylation is 1. The molecule has 0 unspecified atom stereocenters. The molecule has 3 N–H and O–H groups in total. The highest BCUT2D eigenvalue weighted by molar-refractivity contribution is 5.78. The molecule has 4 heterocycles. The second-order valence-electron chi connectivity index (χ2n) is 8.39. The fourth-order valence-electron chi connectivity index (χ4n) is 3.85. The fourth-order valence-corrected chi connectivity index (χ4v) is 3.85. The van der Waals surface area contributed by atoms with Gasteiger partial charge in [0.05, 0.1) is 17.4 Å². The largest absolute Gasteiger partial charge is 0.576 e. The standard InChI is InChI=1S/C23H21F3N8O4/c1-13-11-28-20(32-19(13)29-14-2-4-17-16(10-14)31-21(35)37-17)30-15-3-5-18(27-12-15)33-6-8-34(9-7-33)22(36)38-23(24,25)26/h2-5,10-12H,6-9H2,1H3,(H,31,35)(H2,28,29,30,32). The first-order chi connectivity index (χ1) is 18.1. The molecule has 0 radical (unpaired) electrons. The Morgan fingerprint density at radius 3 is 2.53 bits per heavy atom.